The average Bonchev–Trinajstić information content (AvgIpc) is 3.14. The Morgan fingerprint density at radius 2 is 2.04 bits per heavy atom. The number of pyridine rings is 1. The summed E-state index contributed by atoms with van der Waals surface area (Å²) in [6.07, 6.45) is 7.25. The predicted molar refractivity (Wildman–Crippen MR) is 101 cm³/mol. The smallest absolute Gasteiger partial charge is 0.244 e. The van der Waals surface area contributed by atoms with E-state index in [0.29, 0.717) is 5.56 Å². The van der Waals surface area contributed by atoms with Crippen LogP contribution in [0.4, 0.5) is 11.5 Å². The van der Waals surface area contributed by atoms with Gasteiger partial charge in [-0.15, -0.1) is 0 Å². The van der Waals surface area contributed by atoms with E-state index in [1.54, 1.807) is 29.2 Å². The van der Waals surface area contributed by atoms with Crippen LogP contribution in [0.5, 0.6) is 0 Å². The Kier molecular flexibility index (Phi) is 4.77. The zero-order chi connectivity index (χ0) is 18.8. The summed E-state index contributed by atoms with van der Waals surface area (Å²) in [6, 6.07) is 5.71. The largest absolute Gasteiger partial charge is 0.353 e. The van der Waals surface area contributed by atoms with E-state index in [0.717, 1.165) is 57.1 Å². The molecule has 8 heteroatoms. The number of hydrogen-bond acceptors (Lipinski definition) is 6. The quantitative estimate of drug-likeness (QED) is 0.807. The third kappa shape index (κ3) is 3.38. The minimum Gasteiger partial charge on any atom is -0.353 e. The lowest BCUT2D eigenvalue weighted by Gasteiger charge is -2.42. The second-order valence-electron chi connectivity index (χ2n) is 7.03. The first kappa shape index (κ1) is 17.5. The van der Waals surface area contributed by atoms with E-state index >= 15 is 0 Å². The zero-order valence-electron chi connectivity index (χ0n) is 15.5. The molecule has 1 atom stereocenters. The summed E-state index contributed by atoms with van der Waals surface area (Å²) in [5, 5.41) is 13.5. The molecule has 0 saturated carbocycles. The van der Waals surface area contributed by atoms with E-state index in [1.165, 1.54) is 0 Å². The molecule has 27 heavy (non-hydrogen) atoms. The number of amides is 1. The molecule has 0 bridgehead atoms. The fourth-order valence-electron chi connectivity index (χ4n) is 3.98. The van der Waals surface area contributed by atoms with Crippen LogP contribution >= 0.6 is 0 Å². The number of nitrogens with zero attached hydrogens (tertiary/aromatic N) is 7. The highest BCUT2D eigenvalue weighted by Gasteiger charge is 2.36. The van der Waals surface area contributed by atoms with Crippen LogP contribution in [-0.4, -0.2) is 64.3 Å². The Morgan fingerprint density at radius 1 is 1.22 bits per heavy atom. The number of hydrogen-bond donors (Lipinski definition) is 0. The van der Waals surface area contributed by atoms with Gasteiger partial charge in [0.1, 0.15) is 11.9 Å². The van der Waals surface area contributed by atoms with Crippen LogP contribution < -0.4 is 9.80 Å². The predicted octanol–water partition coefficient (Wildman–Crippen LogP) is 1.00. The van der Waals surface area contributed by atoms with Crippen LogP contribution in [0, 0.1) is 11.3 Å². The van der Waals surface area contributed by atoms with E-state index in [2.05, 4.69) is 26.0 Å². The first-order valence-electron chi connectivity index (χ1n) is 9.31. The lowest BCUT2D eigenvalue weighted by atomic mass is 10.0. The van der Waals surface area contributed by atoms with Crippen LogP contribution in [0.25, 0.3) is 0 Å². The Bertz CT molecular complexity index is 863. The molecular formula is C19H23N7O. The van der Waals surface area contributed by atoms with Crippen LogP contribution in [0.1, 0.15) is 18.4 Å². The highest BCUT2D eigenvalue weighted by Crippen LogP contribution is 2.25. The molecule has 2 saturated heterocycles. The fraction of sp³-hybridized carbons (Fsp3) is 0.474. The van der Waals surface area contributed by atoms with Crippen molar-refractivity contribution < 1.29 is 4.79 Å². The molecule has 0 aromatic carbocycles. The third-order valence-corrected chi connectivity index (χ3v) is 5.37. The molecule has 2 aliphatic rings. The van der Waals surface area contributed by atoms with Gasteiger partial charge in [-0.3, -0.25) is 14.4 Å². The summed E-state index contributed by atoms with van der Waals surface area (Å²) < 4.78 is 1.73. The van der Waals surface area contributed by atoms with E-state index in [9.17, 15) is 10.1 Å². The number of carbonyl (C=O) groups excluding carboxylic acids is 1. The van der Waals surface area contributed by atoms with E-state index < -0.39 is 0 Å². The minimum absolute atomic E-state index is 0.0831. The molecule has 0 radical (unpaired) electrons. The second kappa shape index (κ2) is 7.37. The van der Waals surface area contributed by atoms with Crippen LogP contribution in [0.3, 0.4) is 0 Å². The molecule has 1 amide bonds. The van der Waals surface area contributed by atoms with Gasteiger partial charge in [-0.05, 0) is 25.0 Å². The summed E-state index contributed by atoms with van der Waals surface area (Å²) >= 11 is 0. The number of piperazine rings is 1. The Hall–Kier alpha value is -2.92. The molecule has 2 fully saturated rings. The highest BCUT2D eigenvalue weighted by molar-refractivity contribution is 5.97. The van der Waals surface area contributed by atoms with Crippen molar-refractivity contribution in [2.24, 2.45) is 7.05 Å². The molecule has 2 aromatic rings. The van der Waals surface area contributed by atoms with Crippen molar-refractivity contribution in [3.05, 3.63) is 36.3 Å². The SMILES string of the molecule is Cn1cc(N2CCCC(N3CCN(c4ncccc4C#N)CC3)C2=O)cn1. The first-order chi connectivity index (χ1) is 13.2. The van der Waals surface area contributed by atoms with Crippen molar-refractivity contribution in [1.82, 2.24) is 19.7 Å². The van der Waals surface area contributed by atoms with Crippen LogP contribution in [0.15, 0.2) is 30.7 Å². The monoisotopic (exact) mass is 365 g/mol. The third-order valence-electron chi connectivity index (χ3n) is 5.37. The maximum Gasteiger partial charge on any atom is 0.244 e. The molecule has 8 nitrogen and oxygen atoms in total. The Labute approximate surface area is 158 Å². The van der Waals surface area contributed by atoms with Gasteiger partial charge >= 0.3 is 0 Å². The normalized spacial score (nSPS) is 21.3. The summed E-state index contributed by atoms with van der Waals surface area (Å²) in [5.74, 6) is 0.907. The molecule has 1 unspecified atom stereocenters. The summed E-state index contributed by atoms with van der Waals surface area (Å²) in [4.78, 5) is 23.7. The van der Waals surface area contributed by atoms with Crippen molar-refractivity contribution in [2.45, 2.75) is 18.9 Å². The lowest BCUT2D eigenvalue weighted by molar-refractivity contribution is -0.125. The summed E-state index contributed by atoms with van der Waals surface area (Å²) in [5.41, 5.74) is 1.47. The van der Waals surface area contributed by atoms with Crippen molar-refractivity contribution >= 4 is 17.4 Å². The number of piperidine rings is 1. The minimum atomic E-state index is -0.0831. The van der Waals surface area contributed by atoms with Crippen LogP contribution in [0.2, 0.25) is 0 Å². The number of aromatic nitrogens is 3. The molecule has 2 aromatic heterocycles. The van der Waals surface area contributed by atoms with E-state index in [4.69, 9.17) is 0 Å². The summed E-state index contributed by atoms with van der Waals surface area (Å²) in [7, 11) is 1.86. The van der Waals surface area contributed by atoms with Gasteiger partial charge in [0.2, 0.25) is 5.91 Å². The maximum absolute atomic E-state index is 13.1. The highest BCUT2D eigenvalue weighted by atomic mass is 16.2. The maximum atomic E-state index is 13.1. The molecule has 4 rings (SSSR count). The number of carbonyl (C=O) groups is 1. The van der Waals surface area contributed by atoms with Crippen molar-refractivity contribution in [3.8, 4) is 6.07 Å². The first-order valence-corrected chi connectivity index (χ1v) is 9.31. The second-order valence-corrected chi connectivity index (χ2v) is 7.03. The zero-order valence-corrected chi connectivity index (χ0v) is 15.5. The lowest BCUT2D eigenvalue weighted by Crippen LogP contribution is -2.58. The number of anilines is 2. The van der Waals surface area contributed by atoms with E-state index in [-0.39, 0.29) is 11.9 Å². The van der Waals surface area contributed by atoms with Crippen molar-refractivity contribution in [3.63, 3.8) is 0 Å². The van der Waals surface area contributed by atoms with Gasteiger partial charge in [0.25, 0.3) is 0 Å². The number of aryl methyl sites for hydroxylation is 1. The standard InChI is InChI=1S/C19H23N7O/c1-23-14-16(13-22-23)26-7-3-5-17(19(26)27)24-8-10-25(11-9-24)18-15(12-20)4-2-6-21-18/h2,4,6,13-14,17H,3,5,7-11H2,1H3. The number of rotatable bonds is 3. The molecular weight excluding hydrogens is 342 g/mol. The van der Waals surface area contributed by atoms with Crippen molar-refractivity contribution in [2.75, 3.05) is 42.5 Å². The number of nitriles is 1. The topological polar surface area (TPSA) is 81.3 Å². The molecule has 2 aliphatic heterocycles. The average molecular weight is 365 g/mol. The molecule has 0 spiro atoms. The van der Waals surface area contributed by atoms with E-state index in [1.807, 2.05) is 18.1 Å². The Balaban J connectivity index is 1.43. The van der Waals surface area contributed by atoms with Gasteiger partial charge in [0.05, 0.1) is 23.5 Å². The van der Waals surface area contributed by atoms with Crippen molar-refractivity contribution in [1.29, 1.82) is 5.26 Å². The molecule has 4 heterocycles. The van der Waals surface area contributed by atoms with Crippen LogP contribution in [-0.2, 0) is 11.8 Å². The molecule has 140 valence electrons. The van der Waals surface area contributed by atoms with Gasteiger partial charge in [-0.2, -0.15) is 10.4 Å². The van der Waals surface area contributed by atoms with Gasteiger partial charge in [-0.25, -0.2) is 4.98 Å². The molecule has 0 aliphatic carbocycles. The fourth-order valence-corrected chi connectivity index (χ4v) is 3.98. The van der Waals surface area contributed by atoms with Gasteiger partial charge in [0, 0.05) is 52.2 Å². The molecule has 0 N–H and O–H groups in total. The Morgan fingerprint density at radius 3 is 2.74 bits per heavy atom. The van der Waals surface area contributed by atoms with Gasteiger partial charge < -0.3 is 9.80 Å². The van der Waals surface area contributed by atoms with Gasteiger partial charge in [-0.1, -0.05) is 0 Å². The summed E-state index contributed by atoms with van der Waals surface area (Å²) in [6.45, 7) is 3.86. The van der Waals surface area contributed by atoms with Gasteiger partial charge in [0.15, 0.2) is 0 Å².